The number of sulfonamides is 1. The van der Waals surface area contributed by atoms with Crippen LogP contribution in [0, 0.1) is 11.7 Å². The Hall–Kier alpha value is -2.04. The van der Waals surface area contributed by atoms with Crippen molar-refractivity contribution in [3.05, 3.63) is 53.0 Å². The minimum atomic E-state index is -3.57. The molecular weight excluding hydrogens is 487 g/mol. The Morgan fingerprint density at radius 1 is 1.00 bits per heavy atom. The molecule has 2 aliphatic rings. The van der Waals surface area contributed by atoms with Gasteiger partial charge in [0, 0.05) is 55.9 Å². The first-order chi connectivity index (χ1) is 14.9. The number of nitrogens with zero attached hydrogens (tertiary/aromatic N) is 4. The zero-order valence-corrected chi connectivity index (χ0v) is 19.4. The van der Waals surface area contributed by atoms with Gasteiger partial charge < -0.3 is 9.80 Å². The topological polar surface area (TPSA) is 73.8 Å². The van der Waals surface area contributed by atoms with Crippen molar-refractivity contribution in [2.45, 2.75) is 17.7 Å². The molecule has 2 aromatic rings. The molecule has 0 aliphatic carbocycles. The molecule has 0 spiro atoms. The van der Waals surface area contributed by atoms with E-state index in [0.29, 0.717) is 44.7 Å². The molecule has 4 rings (SSSR count). The standard InChI is InChI=1S/C21H24BrFN4O3S/c22-17-1-3-18(4-2-17)31(29,30)27-13-11-26(12-14-27)21(28)16-6-9-25(10-7-16)20-5-8-24-15-19(20)23/h1-5,8,15-16H,6-7,9-14H2. The average Bonchev–Trinajstić information content (AvgIpc) is 2.79. The quantitative estimate of drug-likeness (QED) is 0.632. The van der Waals surface area contributed by atoms with E-state index in [1.807, 2.05) is 4.90 Å². The maximum atomic E-state index is 14.0. The summed E-state index contributed by atoms with van der Waals surface area (Å²) >= 11 is 3.31. The molecule has 0 unspecified atom stereocenters. The largest absolute Gasteiger partial charge is 0.369 e. The predicted molar refractivity (Wildman–Crippen MR) is 119 cm³/mol. The fourth-order valence-electron chi connectivity index (χ4n) is 4.15. The lowest BCUT2D eigenvalue weighted by atomic mass is 9.94. The van der Waals surface area contributed by atoms with Gasteiger partial charge in [-0.1, -0.05) is 15.9 Å². The molecule has 0 radical (unpaired) electrons. The van der Waals surface area contributed by atoms with Gasteiger partial charge in [0.15, 0.2) is 5.82 Å². The Morgan fingerprint density at radius 3 is 2.26 bits per heavy atom. The van der Waals surface area contributed by atoms with E-state index in [-0.39, 0.29) is 35.6 Å². The van der Waals surface area contributed by atoms with Gasteiger partial charge in [-0.15, -0.1) is 0 Å². The smallest absolute Gasteiger partial charge is 0.243 e. The SMILES string of the molecule is O=C(C1CCN(c2ccncc2F)CC1)N1CCN(S(=O)(=O)c2ccc(Br)cc2)CC1. The zero-order valence-electron chi connectivity index (χ0n) is 17.0. The number of carbonyl (C=O) groups is 1. The van der Waals surface area contributed by atoms with Gasteiger partial charge in [0.05, 0.1) is 16.8 Å². The summed E-state index contributed by atoms with van der Waals surface area (Å²) in [6.07, 6.45) is 4.07. The van der Waals surface area contributed by atoms with Crippen LogP contribution >= 0.6 is 15.9 Å². The predicted octanol–water partition coefficient (Wildman–Crippen LogP) is 2.73. The number of amides is 1. The van der Waals surface area contributed by atoms with E-state index in [0.717, 1.165) is 4.47 Å². The number of piperazine rings is 1. The van der Waals surface area contributed by atoms with Gasteiger partial charge in [0.25, 0.3) is 0 Å². The maximum Gasteiger partial charge on any atom is 0.243 e. The van der Waals surface area contributed by atoms with Crippen LogP contribution in [0.3, 0.4) is 0 Å². The van der Waals surface area contributed by atoms with E-state index < -0.39 is 10.0 Å². The minimum Gasteiger partial charge on any atom is -0.369 e. The minimum absolute atomic E-state index is 0.0653. The summed E-state index contributed by atoms with van der Waals surface area (Å²) in [5.41, 5.74) is 0.521. The van der Waals surface area contributed by atoms with Crippen LogP contribution in [0.5, 0.6) is 0 Å². The number of carbonyl (C=O) groups excluding carboxylic acids is 1. The number of hydrogen-bond donors (Lipinski definition) is 0. The first kappa shape index (κ1) is 22.2. The van der Waals surface area contributed by atoms with Crippen LogP contribution < -0.4 is 4.90 Å². The van der Waals surface area contributed by atoms with E-state index in [1.54, 1.807) is 41.4 Å². The van der Waals surface area contributed by atoms with Gasteiger partial charge in [0.2, 0.25) is 15.9 Å². The number of halogens is 2. The maximum absolute atomic E-state index is 14.0. The highest BCUT2D eigenvalue weighted by molar-refractivity contribution is 9.10. The number of rotatable bonds is 4. The summed E-state index contributed by atoms with van der Waals surface area (Å²) in [5, 5.41) is 0. The third-order valence-electron chi connectivity index (χ3n) is 5.94. The van der Waals surface area contributed by atoms with Crippen LogP contribution in [0.15, 0.2) is 52.1 Å². The van der Waals surface area contributed by atoms with Crippen LogP contribution in [-0.4, -0.2) is 67.8 Å². The molecule has 0 saturated carbocycles. The summed E-state index contributed by atoms with van der Waals surface area (Å²) < 4.78 is 41.9. The van der Waals surface area contributed by atoms with Gasteiger partial charge in [-0.25, -0.2) is 12.8 Å². The number of hydrogen-bond acceptors (Lipinski definition) is 5. The second kappa shape index (κ2) is 9.22. The van der Waals surface area contributed by atoms with Crippen LogP contribution in [0.1, 0.15) is 12.8 Å². The van der Waals surface area contributed by atoms with Crippen molar-refractivity contribution in [1.82, 2.24) is 14.2 Å². The van der Waals surface area contributed by atoms with Gasteiger partial charge in [0.1, 0.15) is 0 Å². The Kier molecular flexibility index (Phi) is 6.59. The van der Waals surface area contributed by atoms with Crippen molar-refractivity contribution < 1.29 is 17.6 Å². The van der Waals surface area contributed by atoms with E-state index in [4.69, 9.17) is 0 Å². The first-order valence-corrected chi connectivity index (χ1v) is 12.5. The number of piperidine rings is 1. The van der Waals surface area contributed by atoms with Crippen molar-refractivity contribution in [3.8, 4) is 0 Å². The third-order valence-corrected chi connectivity index (χ3v) is 8.38. The molecule has 2 aliphatic heterocycles. The molecule has 1 amide bonds. The van der Waals surface area contributed by atoms with Gasteiger partial charge in [-0.3, -0.25) is 9.78 Å². The number of aromatic nitrogens is 1. The lowest BCUT2D eigenvalue weighted by Crippen LogP contribution is -2.52. The van der Waals surface area contributed by atoms with Crippen molar-refractivity contribution in [1.29, 1.82) is 0 Å². The summed E-state index contributed by atoms with van der Waals surface area (Å²) in [4.78, 5) is 20.7. The number of benzene rings is 1. The fraction of sp³-hybridized carbons (Fsp3) is 0.429. The molecule has 3 heterocycles. The summed E-state index contributed by atoms with van der Waals surface area (Å²) in [7, 11) is -3.57. The molecule has 0 atom stereocenters. The lowest BCUT2D eigenvalue weighted by Gasteiger charge is -2.38. The Morgan fingerprint density at radius 2 is 1.65 bits per heavy atom. The molecule has 1 aromatic heterocycles. The van der Waals surface area contributed by atoms with E-state index in [2.05, 4.69) is 20.9 Å². The monoisotopic (exact) mass is 510 g/mol. The molecule has 31 heavy (non-hydrogen) atoms. The van der Waals surface area contributed by atoms with Crippen molar-refractivity contribution >= 4 is 37.5 Å². The highest BCUT2D eigenvalue weighted by atomic mass is 79.9. The fourth-order valence-corrected chi connectivity index (χ4v) is 5.84. The average molecular weight is 511 g/mol. The van der Waals surface area contributed by atoms with E-state index in [1.165, 1.54) is 10.5 Å². The number of pyridine rings is 1. The van der Waals surface area contributed by atoms with E-state index in [9.17, 15) is 17.6 Å². The van der Waals surface area contributed by atoms with Gasteiger partial charge in [-0.05, 0) is 43.2 Å². The Bertz CT molecular complexity index is 1030. The van der Waals surface area contributed by atoms with Crippen LogP contribution in [0.4, 0.5) is 10.1 Å². The summed E-state index contributed by atoms with van der Waals surface area (Å²) in [6, 6.07) is 8.23. The zero-order chi connectivity index (χ0) is 22.0. The normalized spacial score (nSPS) is 18.9. The highest BCUT2D eigenvalue weighted by Crippen LogP contribution is 2.27. The molecule has 10 heteroatoms. The van der Waals surface area contributed by atoms with Crippen molar-refractivity contribution in [2.24, 2.45) is 5.92 Å². The molecule has 0 bridgehead atoms. The molecule has 0 N–H and O–H groups in total. The lowest BCUT2D eigenvalue weighted by molar-refractivity contribution is -0.137. The van der Waals surface area contributed by atoms with Crippen LogP contribution in [0.25, 0.3) is 0 Å². The highest BCUT2D eigenvalue weighted by Gasteiger charge is 2.34. The van der Waals surface area contributed by atoms with Gasteiger partial charge >= 0.3 is 0 Å². The van der Waals surface area contributed by atoms with Crippen LogP contribution in [-0.2, 0) is 14.8 Å². The van der Waals surface area contributed by atoms with Gasteiger partial charge in [-0.2, -0.15) is 4.31 Å². The van der Waals surface area contributed by atoms with Crippen molar-refractivity contribution in [2.75, 3.05) is 44.2 Å². The second-order valence-electron chi connectivity index (χ2n) is 7.77. The molecule has 2 fully saturated rings. The molecule has 2 saturated heterocycles. The molecule has 1 aromatic carbocycles. The molecular formula is C21H24BrFN4O3S. The van der Waals surface area contributed by atoms with Crippen molar-refractivity contribution in [3.63, 3.8) is 0 Å². The second-order valence-corrected chi connectivity index (χ2v) is 10.6. The van der Waals surface area contributed by atoms with Crippen LogP contribution in [0.2, 0.25) is 0 Å². The number of anilines is 1. The Labute approximate surface area is 190 Å². The third kappa shape index (κ3) is 4.75. The van der Waals surface area contributed by atoms with E-state index >= 15 is 0 Å². The first-order valence-electron chi connectivity index (χ1n) is 10.3. The molecule has 166 valence electrons. The summed E-state index contributed by atoms with van der Waals surface area (Å²) in [6.45, 7) is 2.54. The molecule has 7 nitrogen and oxygen atoms in total. The summed E-state index contributed by atoms with van der Waals surface area (Å²) in [5.74, 6) is -0.401. The Balaban J connectivity index is 1.32.